The second kappa shape index (κ2) is 7.61. The van der Waals surface area contributed by atoms with Gasteiger partial charge in [0, 0.05) is 18.6 Å². The van der Waals surface area contributed by atoms with Gasteiger partial charge in [-0.05, 0) is 17.7 Å². The van der Waals surface area contributed by atoms with Crippen molar-refractivity contribution in [3.05, 3.63) is 34.6 Å². The molecule has 0 heterocycles. The second-order valence-electron chi connectivity index (χ2n) is 3.66. The quantitative estimate of drug-likeness (QED) is 0.765. The molecule has 0 amide bonds. The van der Waals surface area contributed by atoms with E-state index >= 15 is 0 Å². The molecule has 96 valence electrons. The Bertz CT molecular complexity index is 347. The molecule has 1 aromatic carbocycles. The molecule has 1 unspecified atom stereocenters. The van der Waals surface area contributed by atoms with E-state index in [0.29, 0.717) is 30.2 Å². The summed E-state index contributed by atoms with van der Waals surface area (Å²) in [5, 5.41) is 10.00. The van der Waals surface area contributed by atoms with Gasteiger partial charge in [0.15, 0.2) is 0 Å². The number of benzene rings is 1. The molecule has 0 bridgehead atoms. The van der Waals surface area contributed by atoms with Gasteiger partial charge in [-0.3, -0.25) is 0 Å². The first kappa shape index (κ1) is 14.4. The van der Waals surface area contributed by atoms with Crippen molar-refractivity contribution in [3.8, 4) is 0 Å². The molecule has 1 N–H and O–H groups in total. The van der Waals surface area contributed by atoms with Crippen LogP contribution in [0.1, 0.15) is 5.56 Å². The number of methoxy groups -OCH3 is 1. The minimum absolute atomic E-state index is 0.205. The average Bonchev–Trinajstić information content (AvgIpc) is 2.28. The van der Waals surface area contributed by atoms with Gasteiger partial charge in [-0.2, -0.15) is 0 Å². The Kier molecular flexibility index (Phi) is 6.44. The second-order valence-corrected chi connectivity index (χ2v) is 4.07. The summed E-state index contributed by atoms with van der Waals surface area (Å²) < 4.78 is 22.8. The molecular weight excluding hydrogens is 247 g/mol. The molecule has 1 atom stereocenters. The van der Waals surface area contributed by atoms with Gasteiger partial charge in [-0.15, -0.1) is 0 Å². The van der Waals surface area contributed by atoms with Crippen LogP contribution in [0.25, 0.3) is 0 Å². The number of halogens is 2. The van der Waals surface area contributed by atoms with Crippen LogP contribution in [0.15, 0.2) is 18.2 Å². The molecule has 0 aliphatic carbocycles. The Balaban J connectivity index is 2.37. The van der Waals surface area contributed by atoms with E-state index in [9.17, 15) is 9.50 Å². The fraction of sp³-hybridized carbons (Fsp3) is 0.500. The van der Waals surface area contributed by atoms with Crippen LogP contribution in [0, 0.1) is 5.82 Å². The summed E-state index contributed by atoms with van der Waals surface area (Å²) in [6.45, 7) is 1.13. The molecule has 0 aliphatic heterocycles. The molecule has 0 aromatic heterocycles. The summed E-state index contributed by atoms with van der Waals surface area (Å²) in [6.07, 6.45) is -0.318. The zero-order chi connectivity index (χ0) is 12.7. The van der Waals surface area contributed by atoms with Crippen LogP contribution >= 0.6 is 11.6 Å². The first-order valence-electron chi connectivity index (χ1n) is 5.32. The SMILES string of the molecule is COCCOCC(O)Cc1ccc(F)cc1Cl. The van der Waals surface area contributed by atoms with Crippen LogP contribution < -0.4 is 0 Å². The Morgan fingerprint density at radius 2 is 2.18 bits per heavy atom. The maximum Gasteiger partial charge on any atom is 0.124 e. The Labute approximate surface area is 105 Å². The van der Waals surface area contributed by atoms with E-state index < -0.39 is 6.10 Å². The fourth-order valence-electron chi connectivity index (χ4n) is 1.36. The smallest absolute Gasteiger partial charge is 0.124 e. The van der Waals surface area contributed by atoms with Crippen molar-refractivity contribution in [1.29, 1.82) is 0 Å². The van der Waals surface area contributed by atoms with Gasteiger partial charge in [0.1, 0.15) is 5.82 Å². The van der Waals surface area contributed by atoms with E-state index in [1.807, 2.05) is 0 Å². The first-order valence-corrected chi connectivity index (χ1v) is 5.70. The van der Waals surface area contributed by atoms with Crippen molar-refractivity contribution < 1.29 is 19.0 Å². The monoisotopic (exact) mass is 262 g/mol. The molecule has 0 saturated carbocycles. The molecule has 3 nitrogen and oxygen atoms in total. The van der Waals surface area contributed by atoms with Gasteiger partial charge in [0.2, 0.25) is 0 Å². The highest BCUT2D eigenvalue weighted by Gasteiger charge is 2.09. The fourth-order valence-corrected chi connectivity index (χ4v) is 1.61. The van der Waals surface area contributed by atoms with Crippen LogP contribution in [-0.4, -0.2) is 38.1 Å². The van der Waals surface area contributed by atoms with Crippen molar-refractivity contribution in [1.82, 2.24) is 0 Å². The molecule has 1 aromatic rings. The molecule has 1 rings (SSSR count). The Morgan fingerprint density at radius 3 is 2.82 bits per heavy atom. The third-order valence-corrected chi connectivity index (χ3v) is 2.56. The van der Waals surface area contributed by atoms with E-state index in [1.165, 1.54) is 12.1 Å². The van der Waals surface area contributed by atoms with Crippen LogP contribution in [0.5, 0.6) is 0 Å². The van der Waals surface area contributed by atoms with Crippen molar-refractivity contribution in [2.75, 3.05) is 26.9 Å². The van der Waals surface area contributed by atoms with E-state index in [1.54, 1.807) is 13.2 Å². The third-order valence-electron chi connectivity index (χ3n) is 2.21. The van der Waals surface area contributed by atoms with Crippen LogP contribution in [0.4, 0.5) is 4.39 Å². The number of hydrogen-bond acceptors (Lipinski definition) is 3. The number of aliphatic hydroxyl groups excluding tert-OH is 1. The summed E-state index contributed by atoms with van der Waals surface area (Å²) in [5.41, 5.74) is 0.705. The number of rotatable bonds is 7. The molecule has 17 heavy (non-hydrogen) atoms. The van der Waals surface area contributed by atoms with Gasteiger partial charge >= 0.3 is 0 Å². The predicted octanol–water partition coefficient (Wildman–Crippen LogP) is 2.05. The standard InChI is InChI=1S/C12H16ClFO3/c1-16-4-5-17-8-11(15)6-9-2-3-10(14)7-12(9)13/h2-3,7,11,15H,4-6,8H2,1H3. The minimum atomic E-state index is -0.658. The number of aliphatic hydroxyl groups is 1. The lowest BCUT2D eigenvalue weighted by atomic mass is 10.1. The topological polar surface area (TPSA) is 38.7 Å². The summed E-state index contributed by atoms with van der Waals surface area (Å²) in [5.74, 6) is -0.385. The summed E-state index contributed by atoms with van der Waals surface area (Å²) in [7, 11) is 1.58. The normalized spacial score (nSPS) is 12.7. The highest BCUT2D eigenvalue weighted by atomic mass is 35.5. The predicted molar refractivity (Wildman–Crippen MR) is 63.8 cm³/mol. The average molecular weight is 263 g/mol. The highest BCUT2D eigenvalue weighted by molar-refractivity contribution is 6.31. The Hall–Kier alpha value is -0.680. The van der Waals surface area contributed by atoms with E-state index in [2.05, 4.69) is 0 Å². The first-order chi connectivity index (χ1) is 8.13. The largest absolute Gasteiger partial charge is 0.390 e. The van der Waals surface area contributed by atoms with Crippen molar-refractivity contribution in [2.24, 2.45) is 0 Å². The lowest BCUT2D eigenvalue weighted by molar-refractivity contribution is 0.0137. The third kappa shape index (κ3) is 5.46. The van der Waals surface area contributed by atoms with E-state index in [0.717, 1.165) is 0 Å². The van der Waals surface area contributed by atoms with Crippen LogP contribution in [-0.2, 0) is 15.9 Å². The van der Waals surface area contributed by atoms with Crippen molar-refractivity contribution in [3.63, 3.8) is 0 Å². The molecule has 0 spiro atoms. The zero-order valence-corrected chi connectivity index (χ0v) is 10.4. The minimum Gasteiger partial charge on any atom is -0.390 e. The number of hydrogen-bond donors (Lipinski definition) is 1. The summed E-state index contributed by atoms with van der Waals surface area (Å²) in [6, 6.07) is 4.12. The van der Waals surface area contributed by atoms with Gasteiger partial charge in [0.05, 0.1) is 25.9 Å². The number of ether oxygens (including phenoxy) is 2. The van der Waals surface area contributed by atoms with Gasteiger partial charge in [0.25, 0.3) is 0 Å². The maximum atomic E-state index is 12.8. The van der Waals surface area contributed by atoms with E-state index in [4.69, 9.17) is 21.1 Å². The van der Waals surface area contributed by atoms with Gasteiger partial charge in [-0.1, -0.05) is 17.7 Å². The Morgan fingerprint density at radius 1 is 1.41 bits per heavy atom. The molecule has 0 saturated heterocycles. The zero-order valence-electron chi connectivity index (χ0n) is 9.66. The lowest BCUT2D eigenvalue weighted by Crippen LogP contribution is -2.19. The van der Waals surface area contributed by atoms with Crippen LogP contribution in [0.2, 0.25) is 5.02 Å². The molecule has 0 fully saturated rings. The van der Waals surface area contributed by atoms with Crippen molar-refractivity contribution in [2.45, 2.75) is 12.5 Å². The molecular formula is C12H16ClFO3. The molecule has 0 aliphatic rings. The van der Waals surface area contributed by atoms with Gasteiger partial charge in [-0.25, -0.2) is 4.39 Å². The highest BCUT2D eigenvalue weighted by Crippen LogP contribution is 2.18. The summed E-state index contributed by atoms with van der Waals surface area (Å²) >= 11 is 5.85. The molecule has 5 heteroatoms. The lowest BCUT2D eigenvalue weighted by Gasteiger charge is -2.12. The van der Waals surface area contributed by atoms with Gasteiger partial charge < -0.3 is 14.6 Å². The summed E-state index contributed by atoms with van der Waals surface area (Å²) in [4.78, 5) is 0. The van der Waals surface area contributed by atoms with E-state index in [-0.39, 0.29) is 12.4 Å². The maximum absolute atomic E-state index is 12.8. The van der Waals surface area contributed by atoms with Crippen LogP contribution in [0.3, 0.4) is 0 Å². The van der Waals surface area contributed by atoms with Crippen molar-refractivity contribution >= 4 is 11.6 Å². The molecule has 0 radical (unpaired) electrons.